The summed E-state index contributed by atoms with van der Waals surface area (Å²) in [6.45, 7) is 10.5. The van der Waals surface area contributed by atoms with Gasteiger partial charge < -0.3 is 20.4 Å². The molecule has 2 aliphatic heterocycles. The predicted octanol–water partition coefficient (Wildman–Crippen LogP) is 0.907. The number of carbonyl (C=O) groups is 2. The third-order valence-corrected chi connectivity index (χ3v) is 5.42. The summed E-state index contributed by atoms with van der Waals surface area (Å²) in [6, 6.07) is 0.0808. The minimum absolute atomic E-state index is 0.0808. The van der Waals surface area contributed by atoms with E-state index < -0.39 is 0 Å². The molecule has 0 spiro atoms. The first kappa shape index (κ1) is 19.2. The van der Waals surface area contributed by atoms with Crippen molar-refractivity contribution in [2.45, 2.75) is 52.0 Å². The van der Waals surface area contributed by atoms with Crippen LogP contribution in [0.2, 0.25) is 0 Å². The number of nitrogens with zero attached hydrogens (tertiary/aromatic N) is 3. The second-order valence-electron chi connectivity index (χ2n) is 7.36. The summed E-state index contributed by atoms with van der Waals surface area (Å²) in [5.41, 5.74) is 5.72. The van der Waals surface area contributed by atoms with Crippen molar-refractivity contribution in [1.82, 2.24) is 14.7 Å². The molecule has 2 heterocycles. The van der Waals surface area contributed by atoms with Gasteiger partial charge in [0.2, 0.25) is 11.8 Å². The Kier molecular flexibility index (Phi) is 7.49. The van der Waals surface area contributed by atoms with E-state index in [1.807, 2.05) is 16.7 Å². The predicted molar refractivity (Wildman–Crippen MR) is 95.5 cm³/mol. The van der Waals surface area contributed by atoms with Gasteiger partial charge in [0.25, 0.3) is 0 Å². The Labute approximate surface area is 146 Å². The Morgan fingerprint density at radius 1 is 1.00 bits per heavy atom. The second kappa shape index (κ2) is 9.37. The van der Waals surface area contributed by atoms with Crippen LogP contribution in [0, 0.1) is 5.92 Å². The van der Waals surface area contributed by atoms with E-state index in [2.05, 4.69) is 11.8 Å². The first-order chi connectivity index (χ1) is 11.5. The summed E-state index contributed by atoms with van der Waals surface area (Å²) in [6.07, 6.45) is 3.84. The molecule has 6 heteroatoms. The van der Waals surface area contributed by atoms with Crippen LogP contribution in [0.15, 0.2) is 0 Å². The van der Waals surface area contributed by atoms with E-state index in [0.29, 0.717) is 24.7 Å². The summed E-state index contributed by atoms with van der Waals surface area (Å²) in [7, 11) is 0. The molecule has 0 radical (unpaired) electrons. The maximum atomic E-state index is 12.5. The van der Waals surface area contributed by atoms with Crippen LogP contribution in [0.25, 0.3) is 0 Å². The zero-order valence-electron chi connectivity index (χ0n) is 15.4. The highest BCUT2D eigenvalue weighted by molar-refractivity contribution is 5.77. The van der Waals surface area contributed by atoms with Gasteiger partial charge in [-0.1, -0.05) is 6.92 Å². The maximum absolute atomic E-state index is 12.5. The van der Waals surface area contributed by atoms with Gasteiger partial charge in [0, 0.05) is 58.2 Å². The lowest BCUT2D eigenvalue weighted by atomic mass is 9.92. The molecule has 2 amide bonds. The molecule has 0 aromatic carbocycles. The van der Waals surface area contributed by atoms with Gasteiger partial charge in [0.1, 0.15) is 0 Å². The van der Waals surface area contributed by atoms with Crippen LogP contribution in [-0.2, 0) is 9.59 Å². The Morgan fingerprint density at radius 2 is 1.58 bits per heavy atom. The molecule has 1 unspecified atom stereocenters. The van der Waals surface area contributed by atoms with Gasteiger partial charge in [-0.15, -0.1) is 0 Å². The van der Waals surface area contributed by atoms with Crippen molar-refractivity contribution >= 4 is 11.8 Å². The summed E-state index contributed by atoms with van der Waals surface area (Å²) >= 11 is 0. The highest BCUT2D eigenvalue weighted by Crippen LogP contribution is 2.22. The van der Waals surface area contributed by atoms with Crippen LogP contribution in [0.3, 0.4) is 0 Å². The average Bonchev–Trinajstić information content (AvgIpc) is 2.60. The number of amides is 2. The fourth-order valence-corrected chi connectivity index (χ4v) is 3.59. The van der Waals surface area contributed by atoms with Crippen LogP contribution in [-0.4, -0.2) is 78.4 Å². The SMILES string of the molecule is CCN1CCN(C(=O)CC2CCN(C(=O)CCC(C)N)CC2)CC1. The van der Waals surface area contributed by atoms with Gasteiger partial charge >= 0.3 is 0 Å². The third kappa shape index (κ3) is 5.74. The van der Waals surface area contributed by atoms with Crippen molar-refractivity contribution in [3.05, 3.63) is 0 Å². The minimum Gasteiger partial charge on any atom is -0.343 e. The number of likely N-dealkylation sites (tertiary alicyclic amines) is 1. The van der Waals surface area contributed by atoms with E-state index >= 15 is 0 Å². The Morgan fingerprint density at radius 3 is 2.12 bits per heavy atom. The molecular weight excluding hydrogens is 304 g/mol. The van der Waals surface area contributed by atoms with E-state index in [1.165, 1.54) is 0 Å². The molecule has 2 fully saturated rings. The van der Waals surface area contributed by atoms with E-state index in [0.717, 1.165) is 65.1 Å². The first-order valence-corrected chi connectivity index (χ1v) is 9.53. The Balaban J connectivity index is 1.67. The molecule has 1 atom stereocenters. The first-order valence-electron chi connectivity index (χ1n) is 9.53. The number of nitrogens with two attached hydrogens (primary N) is 1. The molecule has 2 N–H and O–H groups in total. The second-order valence-corrected chi connectivity index (χ2v) is 7.36. The quantitative estimate of drug-likeness (QED) is 0.781. The zero-order valence-corrected chi connectivity index (χ0v) is 15.4. The largest absolute Gasteiger partial charge is 0.343 e. The van der Waals surface area contributed by atoms with Gasteiger partial charge in [0.05, 0.1) is 0 Å². The number of rotatable bonds is 6. The van der Waals surface area contributed by atoms with Crippen LogP contribution < -0.4 is 5.73 Å². The van der Waals surface area contributed by atoms with Gasteiger partial charge in [-0.05, 0) is 38.6 Å². The molecule has 0 saturated carbocycles. The molecule has 0 aromatic heterocycles. The zero-order chi connectivity index (χ0) is 17.5. The van der Waals surface area contributed by atoms with Crippen LogP contribution in [0.4, 0.5) is 0 Å². The molecule has 2 saturated heterocycles. The molecule has 138 valence electrons. The molecule has 2 aliphatic rings. The standard InChI is InChI=1S/C18H34N4O2/c1-3-20-10-12-22(13-11-20)18(24)14-16-6-8-21(9-7-16)17(23)5-4-15(2)19/h15-16H,3-14,19H2,1-2H3. The van der Waals surface area contributed by atoms with Crippen molar-refractivity contribution in [2.24, 2.45) is 11.7 Å². The highest BCUT2D eigenvalue weighted by Gasteiger charge is 2.27. The Hall–Kier alpha value is -1.14. The van der Waals surface area contributed by atoms with Crippen LogP contribution in [0.1, 0.15) is 46.0 Å². The highest BCUT2D eigenvalue weighted by atomic mass is 16.2. The summed E-state index contributed by atoms with van der Waals surface area (Å²) < 4.78 is 0. The fraction of sp³-hybridized carbons (Fsp3) is 0.889. The number of hydrogen-bond acceptors (Lipinski definition) is 4. The van der Waals surface area contributed by atoms with Gasteiger partial charge in [-0.2, -0.15) is 0 Å². The van der Waals surface area contributed by atoms with Crippen molar-refractivity contribution in [1.29, 1.82) is 0 Å². The van der Waals surface area contributed by atoms with Crippen molar-refractivity contribution < 1.29 is 9.59 Å². The van der Waals surface area contributed by atoms with Crippen molar-refractivity contribution in [3.8, 4) is 0 Å². The summed E-state index contributed by atoms with van der Waals surface area (Å²) in [5, 5.41) is 0. The monoisotopic (exact) mass is 338 g/mol. The topological polar surface area (TPSA) is 69.9 Å². The van der Waals surface area contributed by atoms with E-state index in [1.54, 1.807) is 0 Å². The number of hydrogen-bond donors (Lipinski definition) is 1. The lowest BCUT2D eigenvalue weighted by Crippen LogP contribution is -2.49. The molecule has 0 aliphatic carbocycles. The Bertz CT molecular complexity index is 411. The summed E-state index contributed by atoms with van der Waals surface area (Å²) in [5.74, 6) is 0.944. The van der Waals surface area contributed by atoms with E-state index in [-0.39, 0.29) is 11.9 Å². The number of piperidine rings is 1. The maximum Gasteiger partial charge on any atom is 0.222 e. The average molecular weight is 338 g/mol. The third-order valence-electron chi connectivity index (χ3n) is 5.42. The van der Waals surface area contributed by atoms with Crippen LogP contribution >= 0.6 is 0 Å². The summed E-state index contributed by atoms with van der Waals surface area (Å²) in [4.78, 5) is 30.9. The van der Waals surface area contributed by atoms with Crippen LogP contribution in [0.5, 0.6) is 0 Å². The molecule has 0 aromatic rings. The molecule has 24 heavy (non-hydrogen) atoms. The van der Waals surface area contributed by atoms with E-state index in [9.17, 15) is 9.59 Å². The fourth-order valence-electron chi connectivity index (χ4n) is 3.59. The lowest BCUT2D eigenvalue weighted by molar-refractivity contribution is -0.135. The number of carbonyl (C=O) groups excluding carboxylic acids is 2. The molecular formula is C18H34N4O2. The molecule has 0 bridgehead atoms. The minimum atomic E-state index is 0.0808. The van der Waals surface area contributed by atoms with Crippen molar-refractivity contribution in [2.75, 3.05) is 45.8 Å². The van der Waals surface area contributed by atoms with Gasteiger partial charge in [0.15, 0.2) is 0 Å². The van der Waals surface area contributed by atoms with Gasteiger partial charge in [-0.3, -0.25) is 9.59 Å². The number of likely N-dealkylation sites (N-methyl/N-ethyl adjacent to an activating group) is 1. The molecule has 2 rings (SSSR count). The van der Waals surface area contributed by atoms with Gasteiger partial charge in [-0.25, -0.2) is 0 Å². The van der Waals surface area contributed by atoms with E-state index in [4.69, 9.17) is 5.73 Å². The smallest absolute Gasteiger partial charge is 0.222 e. The normalized spacial score (nSPS) is 21.8. The number of piperazine rings is 1. The lowest BCUT2D eigenvalue weighted by Gasteiger charge is -2.36. The molecule has 6 nitrogen and oxygen atoms in total. The van der Waals surface area contributed by atoms with Crippen molar-refractivity contribution in [3.63, 3.8) is 0 Å².